The summed E-state index contributed by atoms with van der Waals surface area (Å²) in [5.74, 6) is 0.895. The number of aromatic nitrogens is 4. The molecule has 80 heavy (non-hydrogen) atoms. The number of rotatable bonds is 19. The van der Waals surface area contributed by atoms with Crippen LogP contribution < -0.4 is 65.2 Å². The summed E-state index contributed by atoms with van der Waals surface area (Å²) in [7, 11) is -14.5. The Morgan fingerprint density at radius 2 is 0.588 bits per heavy atom. The minimum atomic E-state index is -4.94. The Bertz CT molecular complexity index is 2710. The molecule has 22 nitrogen and oxygen atoms in total. The summed E-state index contributed by atoms with van der Waals surface area (Å²) >= 11 is 0. The first-order valence-electron chi connectivity index (χ1n) is 22.9. The van der Waals surface area contributed by atoms with Crippen molar-refractivity contribution in [2.45, 2.75) is 39.0 Å². The van der Waals surface area contributed by atoms with Gasteiger partial charge in [0.1, 0.15) is 23.0 Å². The van der Waals surface area contributed by atoms with E-state index in [2.05, 4.69) is 82.4 Å². The summed E-state index contributed by atoms with van der Waals surface area (Å²) in [6.45, 7) is 3.19. The molecule has 432 valence electrons. The molecule has 0 N–H and O–H groups in total. The number of halogens is 2. The second-order valence-electron chi connectivity index (χ2n) is 16.0. The summed E-state index contributed by atoms with van der Waals surface area (Å²) in [5, 5.41) is 0. The molecule has 28 heteroatoms. The van der Waals surface area contributed by atoms with Crippen molar-refractivity contribution in [2.24, 2.45) is 0 Å². The number of pyridine rings is 4. The molecular weight excluding hydrogens is 1220 g/mol. The van der Waals surface area contributed by atoms with Gasteiger partial charge in [0.2, 0.25) is 0 Å². The first kappa shape index (κ1) is 70.4. The number of hydrogen-bond donors (Lipinski definition) is 0. The molecule has 4 heterocycles. The third-order valence-electron chi connectivity index (χ3n) is 9.39. The Morgan fingerprint density at radius 3 is 0.838 bits per heavy atom. The van der Waals surface area contributed by atoms with Crippen LogP contribution in [0.4, 0.5) is 0 Å². The number of nitrogens with zero attached hydrogens (tertiary/aromatic N) is 6. The molecule has 0 spiro atoms. The smallest absolute Gasteiger partial charge is 0.736 e. The molecule has 0 fully saturated rings. The third-order valence-corrected chi connectivity index (χ3v) is 11.1. The van der Waals surface area contributed by atoms with Gasteiger partial charge < -0.3 is 27.9 Å². The number of para-hydroxylation sites is 4. The SMILES string of the molecule is CN(Cc1ccccn1)Cc1cccc(CCc2cccc(CN(C)Cc3ccccn3)n2)n1.O=P([O-])(Oc1ccccc1)Oc1ccccc1.O=P([O-])(Oc1ccccc1)Oc1ccccc1.[Cu+2].[Cu+2].[O-][Cl+3]([O-])([O-])[O-].[O-][Cl+3]([O-])([O-])[O-]. The van der Waals surface area contributed by atoms with E-state index in [1.807, 2.05) is 36.7 Å². The Hall–Kier alpha value is -5.72. The van der Waals surface area contributed by atoms with Gasteiger partial charge in [0.25, 0.3) is 0 Å². The van der Waals surface area contributed by atoms with Gasteiger partial charge in [0, 0.05) is 50.0 Å². The summed E-state index contributed by atoms with van der Waals surface area (Å²) < 4.78 is 110. The van der Waals surface area contributed by atoms with E-state index in [0.29, 0.717) is 0 Å². The zero-order chi connectivity index (χ0) is 56.9. The topological polar surface area (TPSA) is 360 Å². The largest absolute Gasteiger partial charge is 2.00 e. The van der Waals surface area contributed by atoms with E-state index in [-0.39, 0.29) is 57.1 Å². The van der Waals surface area contributed by atoms with Gasteiger partial charge in [-0.3, -0.25) is 29.7 Å². The fourth-order valence-electron chi connectivity index (χ4n) is 6.45. The molecule has 2 radical (unpaired) electrons. The molecule has 0 atom stereocenters. The molecule has 8 rings (SSSR count). The Morgan fingerprint density at radius 1 is 0.362 bits per heavy atom. The fraction of sp³-hybridized carbons (Fsp3) is 0.154. The predicted molar refractivity (Wildman–Crippen MR) is 258 cm³/mol. The van der Waals surface area contributed by atoms with Gasteiger partial charge in [0.15, 0.2) is 0 Å². The molecule has 0 unspecified atom stereocenters. The minimum absolute atomic E-state index is 0. The van der Waals surface area contributed by atoms with Crippen LogP contribution in [0.1, 0.15) is 34.2 Å². The standard InChI is InChI=1S/C28H32N6.2C12H11O4P.2ClHO4.2Cu/c1-33(19-25-9-3-5-17-29-25)21-27-13-7-11-23(31-27)15-16-24-12-8-14-28(32-24)22-34(2)20-26-10-4-6-18-30-26;2*13-17(14,15-11-7-3-1-4-8-11)16-12-9-5-2-6-10-12;2*2-1(3,4)5;;/h3-14,17-18H,15-16,19-22H2,1-2H3;2*1-10H,(H,13,14);2*(H,2,3,4,5);;/q;;;;;2*+2/p-4. The molecule has 0 aliphatic carbocycles. The number of benzene rings is 4. The molecule has 0 saturated carbocycles. The van der Waals surface area contributed by atoms with Crippen molar-refractivity contribution in [2.75, 3.05) is 14.1 Å². The van der Waals surface area contributed by atoms with Crippen LogP contribution in [0.25, 0.3) is 0 Å². The van der Waals surface area contributed by atoms with Crippen molar-refractivity contribution < 1.29 is 129 Å². The number of aryl methyl sites for hydroxylation is 2. The van der Waals surface area contributed by atoms with Gasteiger partial charge in [-0.05, 0) is 124 Å². The average Bonchev–Trinajstić information content (AvgIpc) is 3.37. The van der Waals surface area contributed by atoms with Gasteiger partial charge >= 0.3 is 49.8 Å². The van der Waals surface area contributed by atoms with Crippen molar-refractivity contribution in [3.05, 3.63) is 241 Å². The summed E-state index contributed by atoms with van der Waals surface area (Å²) in [4.78, 5) is 46.2. The summed E-state index contributed by atoms with van der Waals surface area (Å²) in [6, 6.07) is 57.4. The van der Waals surface area contributed by atoms with E-state index in [4.69, 9.17) is 65.3 Å². The van der Waals surface area contributed by atoms with Crippen LogP contribution in [0.5, 0.6) is 23.0 Å². The first-order chi connectivity index (χ1) is 36.9. The quantitative estimate of drug-likeness (QED) is 0.0761. The van der Waals surface area contributed by atoms with Gasteiger partial charge in [-0.1, -0.05) is 97.1 Å². The Balaban J connectivity index is 0.000000400. The van der Waals surface area contributed by atoms with Crippen LogP contribution in [0.15, 0.2) is 207 Å². The molecule has 0 aliphatic rings. The molecule has 0 saturated heterocycles. The van der Waals surface area contributed by atoms with E-state index in [1.165, 1.54) is 0 Å². The van der Waals surface area contributed by atoms with Crippen LogP contribution in [-0.4, -0.2) is 43.8 Å². The van der Waals surface area contributed by atoms with Crippen molar-refractivity contribution >= 4 is 15.6 Å². The molecule has 0 aliphatic heterocycles. The fourth-order valence-corrected chi connectivity index (χ4v) is 8.04. The molecule has 8 aromatic rings. The average molecular weight is 1280 g/mol. The first-order valence-corrected chi connectivity index (χ1v) is 28.2. The molecule has 4 aromatic heterocycles. The molecule has 0 amide bonds. The second kappa shape index (κ2) is 36.6. The van der Waals surface area contributed by atoms with E-state index >= 15 is 0 Å². The normalized spacial score (nSPS) is 10.9. The second-order valence-corrected chi connectivity index (χ2v) is 20.0. The van der Waals surface area contributed by atoms with Crippen LogP contribution in [0, 0.1) is 20.5 Å². The Labute approximate surface area is 488 Å². The summed E-state index contributed by atoms with van der Waals surface area (Å²) in [5.41, 5.74) is 6.49. The van der Waals surface area contributed by atoms with Crippen LogP contribution in [0.3, 0.4) is 0 Å². The monoisotopic (exact) mass is 1270 g/mol. The number of hydrogen-bond acceptors (Lipinski definition) is 22. The predicted octanol–water partition coefficient (Wildman–Crippen LogP) is 0.0244. The van der Waals surface area contributed by atoms with E-state index < -0.39 is 36.1 Å². The third kappa shape index (κ3) is 34.4. The molecule has 4 aromatic carbocycles. The minimum Gasteiger partial charge on any atom is -0.736 e. The van der Waals surface area contributed by atoms with Gasteiger partial charge in [-0.15, -0.1) is 20.5 Å². The van der Waals surface area contributed by atoms with Crippen molar-refractivity contribution in [1.82, 2.24) is 29.7 Å². The summed E-state index contributed by atoms with van der Waals surface area (Å²) in [6.07, 6.45) is 5.42. The number of phosphoric ester groups is 2. The maximum absolute atomic E-state index is 11.6. The van der Waals surface area contributed by atoms with Crippen molar-refractivity contribution in [3.63, 3.8) is 0 Å². The van der Waals surface area contributed by atoms with Crippen LogP contribution in [0.2, 0.25) is 0 Å². The van der Waals surface area contributed by atoms with E-state index in [1.54, 1.807) is 121 Å². The number of phosphoric acid groups is 2. The maximum Gasteiger partial charge on any atom is 2.00 e. The van der Waals surface area contributed by atoms with Gasteiger partial charge in [-0.2, -0.15) is 0 Å². The van der Waals surface area contributed by atoms with Gasteiger partial charge in [-0.25, -0.2) is 46.4 Å². The van der Waals surface area contributed by atoms with Crippen LogP contribution >= 0.6 is 15.6 Å². The molecular formula is C52H52Cl2Cu2N6O16P2. The van der Waals surface area contributed by atoms with Gasteiger partial charge in [0.05, 0.1) is 22.8 Å². The maximum atomic E-state index is 11.6. The van der Waals surface area contributed by atoms with E-state index in [0.717, 1.165) is 73.2 Å². The van der Waals surface area contributed by atoms with Crippen molar-refractivity contribution in [3.8, 4) is 23.0 Å². The van der Waals surface area contributed by atoms with Crippen LogP contribution in [-0.2, 0) is 82.3 Å². The zero-order valence-electron chi connectivity index (χ0n) is 42.3. The zero-order valence-corrected chi connectivity index (χ0v) is 47.5. The van der Waals surface area contributed by atoms with Crippen molar-refractivity contribution in [1.29, 1.82) is 0 Å². The molecule has 0 bridgehead atoms. The Kier molecular flexibility index (Phi) is 32.2. The van der Waals surface area contributed by atoms with E-state index in [9.17, 15) is 18.9 Å².